The van der Waals surface area contributed by atoms with Crippen molar-refractivity contribution in [3.05, 3.63) is 47.5 Å². The van der Waals surface area contributed by atoms with Crippen LogP contribution in [0.2, 0.25) is 0 Å². The van der Waals surface area contributed by atoms with E-state index in [1.54, 1.807) is 11.0 Å². The fourth-order valence-electron chi connectivity index (χ4n) is 3.31. The van der Waals surface area contributed by atoms with Crippen molar-refractivity contribution in [3.63, 3.8) is 0 Å². The summed E-state index contributed by atoms with van der Waals surface area (Å²) in [6.45, 7) is 7.11. The Morgan fingerprint density at radius 3 is 2.58 bits per heavy atom. The molecule has 24 heavy (non-hydrogen) atoms. The van der Waals surface area contributed by atoms with E-state index in [0.29, 0.717) is 26.1 Å². The van der Waals surface area contributed by atoms with Gasteiger partial charge in [0.25, 0.3) is 0 Å². The molecule has 0 bridgehead atoms. The Labute approximate surface area is 144 Å². The van der Waals surface area contributed by atoms with Crippen molar-refractivity contribution < 1.29 is 14.3 Å². The number of carbonyl (C=O) groups is 2. The van der Waals surface area contributed by atoms with Gasteiger partial charge in [0.15, 0.2) is 0 Å². The molecule has 1 fully saturated rings. The fourth-order valence-corrected chi connectivity index (χ4v) is 3.31. The molecule has 4 heteroatoms. The molecule has 0 spiro atoms. The molecule has 1 aromatic rings. The zero-order valence-electron chi connectivity index (χ0n) is 14.9. The number of hydrogen-bond donors (Lipinski definition) is 0. The summed E-state index contributed by atoms with van der Waals surface area (Å²) < 4.78 is 5.37. The highest BCUT2D eigenvalue weighted by molar-refractivity contribution is 5.89. The molecular weight excluding hydrogens is 302 g/mol. The predicted octanol–water partition coefficient (Wildman–Crippen LogP) is 3.37. The molecule has 1 aromatic carbocycles. The summed E-state index contributed by atoms with van der Waals surface area (Å²) in [6.07, 6.45) is 3.81. The summed E-state index contributed by atoms with van der Waals surface area (Å²) >= 11 is 0. The quantitative estimate of drug-likeness (QED) is 0.615. The van der Waals surface area contributed by atoms with Crippen LogP contribution in [0.15, 0.2) is 42.0 Å². The van der Waals surface area contributed by atoms with Crippen molar-refractivity contribution in [3.8, 4) is 0 Å². The lowest BCUT2D eigenvalue weighted by molar-refractivity contribution is -0.160. The highest BCUT2D eigenvalue weighted by Crippen LogP contribution is 2.35. The number of benzene rings is 1. The summed E-state index contributed by atoms with van der Waals surface area (Å²) in [5.74, 6) is -0.208. The maximum atomic E-state index is 12.7. The molecule has 0 aliphatic carbocycles. The van der Waals surface area contributed by atoms with Gasteiger partial charge in [0, 0.05) is 19.2 Å². The first-order valence-corrected chi connectivity index (χ1v) is 8.62. The third kappa shape index (κ3) is 4.47. The van der Waals surface area contributed by atoms with E-state index in [-0.39, 0.29) is 11.9 Å². The minimum absolute atomic E-state index is 0.0172. The van der Waals surface area contributed by atoms with Crippen LogP contribution in [0.1, 0.15) is 39.2 Å². The number of allylic oxidation sites excluding steroid dienone is 1. The molecule has 0 aromatic heterocycles. The minimum Gasteiger partial charge on any atom is -0.466 e. The van der Waals surface area contributed by atoms with Crippen LogP contribution < -0.4 is 0 Å². The molecule has 2 rings (SSSR count). The minimum atomic E-state index is -0.652. The van der Waals surface area contributed by atoms with Crippen LogP contribution in [0, 0.1) is 5.41 Å². The molecule has 1 heterocycles. The first-order chi connectivity index (χ1) is 11.5. The number of rotatable bonds is 5. The Morgan fingerprint density at radius 2 is 1.96 bits per heavy atom. The van der Waals surface area contributed by atoms with Crippen LogP contribution in [0.5, 0.6) is 0 Å². The van der Waals surface area contributed by atoms with Crippen LogP contribution >= 0.6 is 0 Å². The number of ether oxygens (including phenoxy) is 1. The van der Waals surface area contributed by atoms with Gasteiger partial charge in [-0.25, -0.2) is 0 Å². The van der Waals surface area contributed by atoms with E-state index in [1.807, 2.05) is 51.1 Å². The van der Waals surface area contributed by atoms with Crippen molar-refractivity contribution in [2.24, 2.45) is 5.41 Å². The third-order valence-electron chi connectivity index (χ3n) is 4.39. The van der Waals surface area contributed by atoms with E-state index in [9.17, 15) is 9.59 Å². The van der Waals surface area contributed by atoms with E-state index in [1.165, 1.54) is 0 Å². The standard InChI is InChI=1S/C20H27NO3/c1-4-24-19(23)20(14-17-9-6-5-7-10-17)11-8-12-21(15-20)18(22)13-16(2)3/h5-7,9-10,13H,4,8,11-12,14-15H2,1-3H3/t20-/m0/s1. The Bertz CT molecular complexity index is 605. The molecule has 0 unspecified atom stereocenters. The van der Waals surface area contributed by atoms with Crippen LogP contribution in [-0.4, -0.2) is 36.5 Å². The Hall–Kier alpha value is -2.10. The molecule has 1 atom stereocenters. The van der Waals surface area contributed by atoms with Gasteiger partial charge in [-0.15, -0.1) is 0 Å². The lowest BCUT2D eigenvalue weighted by Crippen LogP contribution is -2.51. The zero-order valence-corrected chi connectivity index (χ0v) is 14.9. The summed E-state index contributed by atoms with van der Waals surface area (Å²) in [4.78, 5) is 27.0. The van der Waals surface area contributed by atoms with Gasteiger partial charge < -0.3 is 9.64 Å². The maximum absolute atomic E-state index is 12.7. The highest BCUT2D eigenvalue weighted by atomic mass is 16.5. The molecule has 0 N–H and O–H groups in total. The Balaban J connectivity index is 2.26. The van der Waals surface area contributed by atoms with Crippen LogP contribution in [-0.2, 0) is 20.7 Å². The van der Waals surface area contributed by atoms with Crippen LogP contribution in [0.4, 0.5) is 0 Å². The van der Waals surface area contributed by atoms with Gasteiger partial charge in [-0.05, 0) is 45.6 Å². The zero-order chi connectivity index (χ0) is 17.6. The number of hydrogen-bond acceptors (Lipinski definition) is 3. The topological polar surface area (TPSA) is 46.6 Å². The lowest BCUT2D eigenvalue weighted by atomic mass is 9.75. The van der Waals surface area contributed by atoms with Gasteiger partial charge in [0.2, 0.25) is 5.91 Å². The van der Waals surface area contributed by atoms with E-state index >= 15 is 0 Å². The van der Waals surface area contributed by atoms with Crippen molar-refractivity contribution in [1.29, 1.82) is 0 Å². The van der Waals surface area contributed by atoms with Crippen molar-refractivity contribution >= 4 is 11.9 Å². The summed E-state index contributed by atoms with van der Waals surface area (Å²) in [5.41, 5.74) is 1.42. The van der Waals surface area contributed by atoms with Gasteiger partial charge in [0.05, 0.1) is 12.0 Å². The van der Waals surface area contributed by atoms with Crippen molar-refractivity contribution in [2.45, 2.75) is 40.0 Å². The second-order valence-electron chi connectivity index (χ2n) is 6.75. The molecular formula is C20H27NO3. The SMILES string of the molecule is CCOC(=O)[C@]1(Cc2ccccc2)CCCN(C(=O)C=C(C)C)C1. The predicted molar refractivity (Wildman–Crippen MR) is 94.5 cm³/mol. The molecule has 4 nitrogen and oxygen atoms in total. The van der Waals surface area contributed by atoms with Gasteiger partial charge in [0.1, 0.15) is 0 Å². The molecule has 130 valence electrons. The van der Waals surface area contributed by atoms with Gasteiger partial charge in [-0.1, -0.05) is 35.9 Å². The second-order valence-corrected chi connectivity index (χ2v) is 6.75. The first-order valence-electron chi connectivity index (χ1n) is 8.62. The monoisotopic (exact) mass is 329 g/mol. The van der Waals surface area contributed by atoms with E-state index in [2.05, 4.69) is 0 Å². The van der Waals surface area contributed by atoms with E-state index in [0.717, 1.165) is 24.0 Å². The average molecular weight is 329 g/mol. The summed E-state index contributed by atoms with van der Waals surface area (Å²) in [5, 5.41) is 0. The normalized spacial score (nSPS) is 20.4. The maximum Gasteiger partial charge on any atom is 0.314 e. The second kappa shape index (κ2) is 8.13. The average Bonchev–Trinajstić information content (AvgIpc) is 2.55. The van der Waals surface area contributed by atoms with Crippen LogP contribution in [0.3, 0.4) is 0 Å². The Morgan fingerprint density at radius 1 is 1.25 bits per heavy atom. The van der Waals surface area contributed by atoms with Crippen molar-refractivity contribution in [1.82, 2.24) is 4.90 Å². The van der Waals surface area contributed by atoms with Crippen molar-refractivity contribution in [2.75, 3.05) is 19.7 Å². The van der Waals surface area contributed by atoms with Gasteiger partial charge in [-0.3, -0.25) is 9.59 Å². The molecule has 1 amide bonds. The number of amides is 1. The van der Waals surface area contributed by atoms with E-state index in [4.69, 9.17) is 4.74 Å². The van der Waals surface area contributed by atoms with Gasteiger partial charge in [-0.2, -0.15) is 0 Å². The van der Waals surface area contributed by atoms with Gasteiger partial charge >= 0.3 is 5.97 Å². The molecule has 1 aliphatic heterocycles. The number of esters is 1. The van der Waals surface area contributed by atoms with E-state index < -0.39 is 5.41 Å². The molecule has 1 saturated heterocycles. The molecule has 0 saturated carbocycles. The number of carbonyl (C=O) groups excluding carboxylic acids is 2. The molecule has 1 aliphatic rings. The number of piperidine rings is 1. The summed E-state index contributed by atoms with van der Waals surface area (Å²) in [6, 6.07) is 9.97. The fraction of sp³-hybridized carbons (Fsp3) is 0.500. The largest absolute Gasteiger partial charge is 0.466 e. The van der Waals surface area contributed by atoms with Crippen LogP contribution in [0.25, 0.3) is 0 Å². The smallest absolute Gasteiger partial charge is 0.314 e. The highest BCUT2D eigenvalue weighted by Gasteiger charge is 2.44. The molecule has 0 radical (unpaired) electrons. The first kappa shape index (κ1) is 18.2. The lowest BCUT2D eigenvalue weighted by Gasteiger charge is -2.40. The number of likely N-dealkylation sites (tertiary alicyclic amines) is 1. The Kier molecular flexibility index (Phi) is 6.18. The summed E-state index contributed by atoms with van der Waals surface area (Å²) in [7, 11) is 0. The third-order valence-corrected chi connectivity index (χ3v) is 4.39. The number of nitrogens with zero attached hydrogens (tertiary/aromatic N) is 1.